The van der Waals surface area contributed by atoms with Crippen LogP contribution in [0.4, 0.5) is 0 Å². The molecule has 0 aromatic carbocycles. The molecule has 1 atom stereocenters. The maximum absolute atomic E-state index is 12.3. The standard InChI is InChI=1S/C55H108O5/c1-3-5-7-9-11-13-15-17-19-21-23-25-26-27-28-29-30-32-34-36-38-40-42-44-46-48-50-55(58)60-53(51-56)52-59-54(57)49-47-45-43-41-39-37-35-33-31-24-22-20-18-16-14-12-10-8-6-4-2/h53,56H,3-52H2,1-2H3. The first-order valence-corrected chi connectivity index (χ1v) is 27.6. The molecule has 0 saturated heterocycles. The highest BCUT2D eigenvalue weighted by molar-refractivity contribution is 5.70. The van der Waals surface area contributed by atoms with Crippen LogP contribution in [0, 0.1) is 0 Å². The molecule has 0 aromatic rings. The molecule has 0 aliphatic carbocycles. The van der Waals surface area contributed by atoms with Gasteiger partial charge in [-0.25, -0.2) is 0 Å². The molecule has 0 radical (unpaired) electrons. The first-order valence-electron chi connectivity index (χ1n) is 27.6. The van der Waals surface area contributed by atoms with Crippen LogP contribution in [0.2, 0.25) is 0 Å². The zero-order valence-electron chi connectivity index (χ0n) is 41.0. The molecule has 0 heterocycles. The van der Waals surface area contributed by atoms with Gasteiger partial charge in [0, 0.05) is 12.8 Å². The summed E-state index contributed by atoms with van der Waals surface area (Å²) in [6, 6.07) is 0. The van der Waals surface area contributed by atoms with Crippen molar-refractivity contribution in [2.24, 2.45) is 0 Å². The molecule has 0 amide bonds. The number of aliphatic hydroxyl groups is 1. The lowest BCUT2D eigenvalue weighted by atomic mass is 10.0. The lowest BCUT2D eigenvalue weighted by molar-refractivity contribution is -0.161. The van der Waals surface area contributed by atoms with E-state index in [2.05, 4.69) is 13.8 Å². The molecule has 60 heavy (non-hydrogen) atoms. The summed E-state index contributed by atoms with van der Waals surface area (Å²) in [4.78, 5) is 24.5. The topological polar surface area (TPSA) is 72.8 Å². The first-order chi connectivity index (χ1) is 29.6. The van der Waals surface area contributed by atoms with Crippen LogP contribution in [0.5, 0.6) is 0 Å². The summed E-state index contributed by atoms with van der Waals surface area (Å²) in [5.74, 6) is -0.564. The molecular weight excluding hydrogens is 741 g/mol. The summed E-state index contributed by atoms with van der Waals surface area (Å²) in [5.41, 5.74) is 0. The van der Waals surface area contributed by atoms with Gasteiger partial charge in [-0.15, -0.1) is 0 Å². The molecule has 1 N–H and O–H groups in total. The number of esters is 2. The molecular formula is C55H108O5. The molecule has 0 aliphatic rings. The fraction of sp³-hybridized carbons (Fsp3) is 0.964. The van der Waals surface area contributed by atoms with Crippen LogP contribution in [0.3, 0.4) is 0 Å². The molecule has 1 unspecified atom stereocenters. The Kier molecular flexibility index (Phi) is 51.3. The number of hydrogen-bond acceptors (Lipinski definition) is 5. The number of unbranched alkanes of at least 4 members (excludes halogenated alkanes) is 44. The lowest BCUT2D eigenvalue weighted by Gasteiger charge is -2.15. The normalized spacial score (nSPS) is 12.0. The second-order valence-corrected chi connectivity index (χ2v) is 19.0. The summed E-state index contributed by atoms with van der Waals surface area (Å²) in [5, 5.41) is 9.64. The summed E-state index contributed by atoms with van der Waals surface area (Å²) >= 11 is 0. The van der Waals surface area contributed by atoms with Crippen molar-refractivity contribution in [2.45, 2.75) is 328 Å². The predicted molar refractivity (Wildman–Crippen MR) is 261 cm³/mol. The molecule has 358 valence electrons. The fourth-order valence-corrected chi connectivity index (χ4v) is 8.74. The third-order valence-electron chi connectivity index (χ3n) is 12.9. The zero-order valence-corrected chi connectivity index (χ0v) is 41.0. The van der Waals surface area contributed by atoms with Crippen molar-refractivity contribution >= 4 is 11.9 Å². The molecule has 0 rings (SSSR count). The van der Waals surface area contributed by atoms with E-state index >= 15 is 0 Å². The third-order valence-corrected chi connectivity index (χ3v) is 12.9. The molecule has 0 fully saturated rings. The molecule has 0 aromatic heterocycles. The Labute approximate surface area is 376 Å². The van der Waals surface area contributed by atoms with Crippen LogP contribution in [-0.2, 0) is 19.1 Å². The van der Waals surface area contributed by atoms with E-state index < -0.39 is 6.10 Å². The van der Waals surface area contributed by atoms with Gasteiger partial charge in [-0.1, -0.05) is 296 Å². The Morgan fingerprint density at radius 2 is 0.517 bits per heavy atom. The molecule has 0 bridgehead atoms. The molecule has 0 spiro atoms. The molecule has 5 heteroatoms. The highest BCUT2D eigenvalue weighted by Crippen LogP contribution is 2.18. The van der Waals surface area contributed by atoms with Crippen molar-refractivity contribution in [1.29, 1.82) is 0 Å². The SMILES string of the molecule is CCCCCCCCCCCCCCCCCCCCCCCCCCCCC(=O)OC(CO)COC(=O)CCCCCCCCCCCCCCCCCCCCCC. The van der Waals surface area contributed by atoms with Gasteiger partial charge in [-0.3, -0.25) is 9.59 Å². The van der Waals surface area contributed by atoms with E-state index in [0.29, 0.717) is 12.8 Å². The van der Waals surface area contributed by atoms with E-state index in [1.165, 1.54) is 263 Å². The monoisotopic (exact) mass is 849 g/mol. The van der Waals surface area contributed by atoms with E-state index in [0.717, 1.165) is 32.1 Å². The fourth-order valence-electron chi connectivity index (χ4n) is 8.74. The van der Waals surface area contributed by atoms with Gasteiger partial charge in [0.15, 0.2) is 6.10 Å². The highest BCUT2D eigenvalue weighted by atomic mass is 16.6. The van der Waals surface area contributed by atoms with Crippen LogP contribution in [0.25, 0.3) is 0 Å². The van der Waals surface area contributed by atoms with Crippen molar-refractivity contribution in [1.82, 2.24) is 0 Å². The number of aliphatic hydroxyl groups excluding tert-OH is 1. The number of carbonyl (C=O) groups is 2. The summed E-state index contributed by atoms with van der Waals surface area (Å²) < 4.78 is 10.7. The summed E-state index contributed by atoms with van der Waals surface area (Å²) in [6.45, 7) is 4.21. The predicted octanol–water partition coefficient (Wildman–Crippen LogP) is 18.2. The van der Waals surface area contributed by atoms with Gasteiger partial charge in [-0.2, -0.15) is 0 Å². The summed E-state index contributed by atoms with van der Waals surface area (Å²) in [7, 11) is 0. The first kappa shape index (κ1) is 58.9. The van der Waals surface area contributed by atoms with Gasteiger partial charge < -0.3 is 14.6 Å². The number of ether oxygens (including phenoxy) is 2. The maximum atomic E-state index is 12.3. The molecule has 0 saturated carbocycles. The second-order valence-electron chi connectivity index (χ2n) is 19.0. The number of carbonyl (C=O) groups excluding carboxylic acids is 2. The van der Waals surface area contributed by atoms with E-state index in [1.54, 1.807) is 0 Å². The van der Waals surface area contributed by atoms with Crippen LogP contribution in [0.15, 0.2) is 0 Å². The van der Waals surface area contributed by atoms with E-state index in [9.17, 15) is 14.7 Å². The van der Waals surface area contributed by atoms with Gasteiger partial charge in [0.25, 0.3) is 0 Å². The van der Waals surface area contributed by atoms with Gasteiger partial charge >= 0.3 is 11.9 Å². The van der Waals surface area contributed by atoms with Gasteiger partial charge in [0.05, 0.1) is 6.61 Å². The van der Waals surface area contributed by atoms with Crippen molar-refractivity contribution in [3.05, 3.63) is 0 Å². The Morgan fingerprint density at radius 3 is 0.733 bits per heavy atom. The molecule has 0 aliphatic heterocycles. The second kappa shape index (κ2) is 52.2. The lowest BCUT2D eigenvalue weighted by Crippen LogP contribution is -2.28. The van der Waals surface area contributed by atoms with Crippen LogP contribution in [0.1, 0.15) is 322 Å². The molecule has 5 nitrogen and oxygen atoms in total. The van der Waals surface area contributed by atoms with Crippen molar-refractivity contribution < 1.29 is 24.2 Å². The van der Waals surface area contributed by atoms with Crippen molar-refractivity contribution in [3.63, 3.8) is 0 Å². The van der Waals surface area contributed by atoms with Gasteiger partial charge in [0.2, 0.25) is 0 Å². The quantitative estimate of drug-likeness (QED) is 0.0488. The van der Waals surface area contributed by atoms with Crippen LogP contribution < -0.4 is 0 Å². The smallest absolute Gasteiger partial charge is 0.306 e. The highest BCUT2D eigenvalue weighted by Gasteiger charge is 2.16. The van der Waals surface area contributed by atoms with Gasteiger partial charge in [-0.05, 0) is 12.8 Å². The van der Waals surface area contributed by atoms with Crippen molar-refractivity contribution in [2.75, 3.05) is 13.2 Å². The van der Waals surface area contributed by atoms with E-state index in [4.69, 9.17) is 9.47 Å². The average molecular weight is 849 g/mol. The minimum absolute atomic E-state index is 0.0558. The maximum Gasteiger partial charge on any atom is 0.306 e. The number of hydrogen-bond donors (Lipinski definition) is 1. The van der Waals surface area contributed by atoms with E-state index in [1.807, 2.05) is 0 Å². The Morgan fingerprint density at radius 1 is 0.317 bits per heavy atom. The minimum Gasteiger partial charge on any atom is -0.462 e. The number of rotatable bonds is 52. The summed E-state index contributed by atoms with van der Waals surface area (Å²) in [6.07, 6.45) is 62.2. The third kappa shape index (κ3) is 49.6. The van der Waals surface area contributed by atoms with Crippen LogP contribution >= 0.6 is 0 Å². The zero-order chi connectivity index (χ0) is 43.5. The van der Waals surface area contributed by atoms with Gasteiger partial charge in [0.1, 0.15) is 6.61 Å². The minimum atomic E-state index is -0.764. The van der Waals surface area contributed by atoms with E-state index in [-0.39, 0.29) is 25.2 Å². The average Bonchev–Trinajstić information content (AvgIpc) is 3.25. The Hall–Kier alpha value is -1.10. The Bertz CT molecular complexity index is 830. The Balaban J connectivity index is 3.40. The van der Waals surface area contributed by atoms with Crippen molar-refractivity contribution in [3.8, 4) is 0 Å². The van der Waals surface area contributed by atoms with Crippen LogP contribution in [-0.4, -0.2) is 36.4 Å². The largest absolute Gasteiger partial charge is 0.462 e.